The number of aldehydes is 1. The van der Waals surface area contributed by atoms with E-state index in [2.05, 4.69) is 0 Å². The second-order valence-electron chi connectivity index (χ2n) is 5.19. The minimum absolute atomic E-state index is 0.241. The highest BCUT2D eigenvalue weighted by Gasteiger charge is 2.57. The Hall–Kier alpha value is -0.323. The molecule has 0 spiro atoms. The largest absolute Gasteiger partial charge is 0.414 e. The van der Waals surface area contributed by atoms with Crippen molar-refractivity contribution in [2.45, 2.75) is 50.1 Å². The molecule has 1 aliphatic rings. The van der Waals surface area contributed by atoms with Crippen LogP contribution in [-0.4, -0.2) is 60.1 Å². The first-order valence-corrected chi connectivity index (χ1v) is 11.2. The average Bonchev–Trinajstić information content (AvgIpc) is 2.47. The summed E-state index contributed by atoms with van der Waals surface area (Å²) in [7, 11) is -1.41. The summed E-state index contributed by atoms with van der Waals surface area (Å²) in [6.07, 6.45) is 3.94. The van der Waals surface area contributed by atoms with Gasteiger partial charge in [-0.25, -0.2) is 0 Å². The van der Waals surface area contributed by atoms with Crippen LogP contribution in [0.4, 0.5) is 0 Å². The maximum Gasteiger partial charge on any atom is 0.264 e. The van der Waals surface area contributed by atoms with Crippen molar-refractivity contribution in [3.63, 3.8) is 0 Å². The Labute approximate surface area is 134 Å². The molecule has 7 nitrogen and oxygen atoms in total. The first kappa shape index (κ1) is 21.7. The molecule has 1 N–H and O–H groups in total. The smallest absolute Gasteiger partial charge is 0.264 e. The number of ether oxygens (including phenoxy) is 2. The van der Waals surface area contributed by atoms with E-state index in [9.17, 15) is 8.42 Å². The fourth-order valence-electron chi connectivity index (χ4n) is 3.06. The van der Waals surface area contributed by atoms with Gasteiger partial charge in [0.05, 0.1) is 5.75 Å². The lowest BCUT2D eigenvalue weighted by Gasteiger charge is -2.48. The van der Waals surface area contributed by atoms with Gasteiger partial charge >= 0.3 is 0 Å². The molecule has 0 bridgehead atoms. The van der Waals surface area contributed by atoms with Crippen molar-refractivity contribution in [2.75, 3.05) is 27.1 Å². The number of carbonyl (C=O) groups is 1. The summed E-state index contributed by atoms with van der Waals surface area (Å²) >= 11 is 0. The third-order valence-electron chi connectivity index (χ3n) is 4.06. The number of hydrogen-bond acceptors (Lipinski definition) is 6. The molecule has 1 atom stereocenters. The van der Waals surface area contributed by atoms with E-state index in [1.165, 1.54) is 6.92 Å². The summed E-state index contributed by atoms with van der Waals surface area (Å²) in [5.74, 6) is -0.241. The molecule has 0 radical (unpaired) electrons. The Bertz CT molecular complexity index is 422. The number of methoxy groups -OCH3 is 2. The Balaban J connectivity index is 0.00000135. The summed E-state index contributed by atoms with van der Waals surface area (Å²) in [6.45, 7) is 1.44. The Morgan fingerprint density at radius 3 is 2.18 bits per heavy atom. The van der Waals surface area contributed by atoms with Crippen LogP contribution in [-0.2, 0) is 28.8 Å². The minimum Gasteiger partial charge on any atom is -0.414 e. The Morgan fingerprint density at radius 1 is 1.23 bits per heavy atom. The highest BCUT2D eigenvalue weighted by atomic mass is 32.2. The molecule has 132 valence electrons. The predicted molar refractivity (Wildman–Crippen MR) is 85.7 cm³/mol. The van der Waals surface area contributed by atoms with Crippen LogP contribution in [0, 0.1) is 0 Å². The zero-order valence-electron chi connectivity index (χ0n) is 13.8. The van der Waals surface area contributed by atoms with Gasteiger partial charge in [0.25, 0.3) is 18.4 Å². The molecular weight excluding hydrogens is 328 g/mol. The van der Waals surface area contributed by atoms with Gasteiger partial charge in [0, 0.05) is 27.8 Å². The molecule has 1 rings (SSSR count). The van der Waals surface area contributed by atoms with Crippen LogP contribution < -0.4 is 0 Å². The quantitative estimate of drug-likeness (QED) is 0.321. The van der Waals surface area contributed by atoms with Crippen LogP contribution in [0.5, 0.6) is 0 Å². The van der Waals surface area contributed by atoms with Crippen LogP contribution in [0.2, 0.25) is 12.1 Å². The van der Waals surface area contributed by atoms with Gasteiger partial charge in [-0.1, -0.05) is 6.42 Å². The molecule has 0 amide bonds. The lowest BCUT2D eigenvalue weighted by Crippen LogP contribution is -2.64. The molecule has 1 saturated heterocycles. The second kappa shape index (κ2) is 9.73. The summed E-state index contributed by atoms with van der Waals surface area (Å²) in [5.41, 5.74) is -0.709. The molecular formula is C13H28O7SSi. The molecule has 0 aromatic rings. The Morgan fingerprint density at radius 2 is 1.77 bits per heavy atom. The first-order valence-electron chi connectivity index (χ1n) is 7.27. The molecule has 9 heteroatoms. The van der Waals surface area contributed by atoms with E-state index in [1.807, 2.05) is 0 Å². The standard InChI is InChI=1S/C11H24O6SSi.C2H4O/c1-15-11(16-2)7-4-5-9-19(11,17-3)10-6-8-18(12,13)14;1-2-3/h4-10H2,1-3H3,(H,12,13,14);2H,1H3. The van der Waals surface area contributed by atoms with Crippen molar-refractivity contribution < 1.29 is 31.7 Å². The van der Waals surface area contributed by atoms with E-state index in [0.29, 0.717) is 12.5 Å². The summed E-state index contributed by atoms with van der Waals surface area (Å²) < 4.78 is 47.5. The monoisotopic (exact) mass is 356 g/mol. The van der Waals surface area contributed by atoms with E-state index in [1.54, 1.807) is 21.3 Å². The SMILES string of the molecule is CC=O.COC1(OC)CCCC[Si]1(CCCS(=O)(=O)O)OC. The zero-order valence-corrected chi connectivity index (χ0v) is 15.6. The maximum atomic E-state index is 10.8. The van der Waals surface area contributed by atoms with E-state index >= 15 is 0 Å². The Kier molecular flexibility index (Phi) is 9.59. The zero-order chi connectivity index (χ0) is 17.3. The van der Waals surface area contributed by atoms with Crippen molar-refractivity contribution in [2.24, 2.45) is 0 Å². The highest BCUT2D eigenvalue weighted by Crippen LogP contribution is 2.42. The first-order chi connectivity index (χ1) is 10.3. The van der Waals surface area contributed by atoms with Crippen molar-refractivity contribution in [3.8, 4) is 0 Å². The molecule has 1 aliphatic heterocycles. The summed E-state index contributed by atoms with van der Waals surface area (Å²) in [4.78, 5) is 8.81. The van der Waals surface area contributed by atoms with Gasteiger partial charge in [0.15, 0.2) is 5.41 Å². The van der Waals surface area contributed by atoms with E-state index in [0.717, 1.165) is 31.6 Å². The average molecular weight is 357 g/mol. The predicted octanol–water partition coefficient (Wildman–Crippen LogP) is 1.77. The number of rotatable bonds is 7. The van der Waals surface area contributed by atoms with Gasteiger partial charge in [-0.3, -0.25) is 4.55 Å². The van der Waals surface area contributed by atoms with Crippen LogP contribution in [0.25, 0.3) is 0 Å². The lowest BCUT2D eigenvalue weighted by molar-refractivity contribution is -0.170. The van der Waals surface area contributed by atoms with E-state index in [4.69, 9.17) is 23.2 Å². The maximum absolute atomic E-state index is 10.8. The van der Waals surface area contributed by atoms with Crippen molar-refractivity contribution in [1.82, 2.24) is 0 Å². The van der Waals surface area contributed by atoms with Crippen LogP contribution >= 0.6 is 0 Å². The molecule has 1 fully saturated rings. The molecule has 0 aliphatic carbocycles. The topological polar surface area (TPSA) is 99.1 Å². The summed E-state index contributed by atoms with van der Waals surface area (Å²) in [5, 5.41) is 0. The molecule has 1 unspecified atom stereocenters. The van der Waals surface area contributed by atoms with Crippen molar-refractivity contribution in [1.29, 1.82) is 0 Å². The van der Waals surface area contributed by atoms with Crippen LogP contribution in [0.15, 0.2) is 0 Å². The number of carbonyl (C=O) groups excluding carboxylic acids is 1. The van der Waals surface area contributed by atoms with Gasteiger partial charge in [-0.05, 0) is 31.9 Å². The molecule has 0 saturated carbocycles. The molecule has 0 aromatic heterocycles. The van der Waals surface area contributed by atoms with Crippen molar-refractivity contribution in [3.05, 3.63) is 0 Å². The third-order valence-corrected chi connectivity index (χ3v) is 10.0. The van der Waals surface area contributed by atoms with Crippen molar-refractivity contribution >= 4 is 24.7 Å². The summed E-state index contributed by atoms with van der Waals surface area (Å²) in [6, 6.07) is 1.49. The molecule has 22 heavy (non-hydrogen) atoms. The van der Waals surface area contributed by atoms with Gasteiger partial charge in [-0.15, -0.1) is 0 Å². The lowest BCUT2D eigenvalue weighted by atomic mass is 10.2. The van der Waals surface area contributed by atoms with Gasteiger partial charge in [0.1, 0.15) is 6.29 Å². The molecule has 1 heterocycles. The minimum atomic E-state index is -3.93. The highest BCUT2D eigenvalue weighted by molar-refractivity contribution is 7.85. The van der Waals surface area contributed by atoms with E-state index < -0.39 is 23.8 Å². The van der Waals surface area contributed by atoms with Crippen LogP contribution in [0.1, 0.15) is 32.6 Å². The normalized spacial score (nSPS) is 24.2. The number of hydrogen-bond donors (Lipinski definition) is 1. The fourth-order valence-corrected chi connectivity index (χ4v) is 8.50. The third kappa shape index (κ3) is 5.71. The van der Waals surface area contributed by atoms with Gasteiger partial charge in [0.2, 0.25) is 0 Å². The van der Waals surface area contributed by atoms with Crippen LogP contribution in [0.3, 0.4) is 0 Å². The van der Waals surface area contributed by atoms with Gasteiger partial charge in [-0.2, -0.15) is 8.42 Å². The van der Waals surface area contributed by atoms with Gasteiger partial charge < -0.3 is 18.7 Å². The second-order valence-corrected chi connectivity index (χ2v) is 10.9. The van der Waals surface area contributed by atoms with E-state index in [-0.39, 0.29) is 5.75 Å². The fraction of sp³-hybridized carbons (Fsp3) is 0.923. The molecule has 0 aromatic carbocycles.